The molecule has 0 fully saturated rings. The molecule has 1 aliphatic carbocycles. The summed E-state index contributed by atoms with van der Waals surface area (Å²) < 4.78 is 0. The van der Waals surface area contributed by atoms with Crippen LogP contribution in [0.25, 0.3) is 0 Å². The lowest BCUT2D eigenvalue weighted by Gasteiger charge is -1.99. The van der Waals surface area contributed by atoms with Crippen LogP contribution < -0.4 is 5.43 Å². The Morgan fingerprint density at radius 1 is 1.38 bits per heavy atom. The second-order valence-corrected chi connectivity index (χ2v) is 5.73. The Hall–Kier alpha value is -2.08. The summed E-state index contributed by atoms with van der Waals surface area (Å²) in [5.74, 6) is -0.258. The molecule has 3 rings (SSSR count). The number of carbonyl (C=O) groups excluding carboxylic acids is 1. The average Bonchev–Trinajstić information content (AvgIpc) is 3.10. The van der Waals surface area contributed by atoms with Crippen LogP contribution in [0, 0.1) is 0 Å². The number of amides is 1. The Morgan fingerprint density at radius 3 is 2.95 bits per heavy atom. The molecule has 5 nitrogen and oxygen atoms in total. The van der Waals surface area contributed by atoms with Gasteiger partial charge in [0.05, 0.1) is 6.21 Å². The van der Waals surface area contributed by atoms with Gasteiger partial charge in [0.2, 0.25) is 0 Å². The van der Waals surface area contributed by atoms with Crippen LogP contribution in [0.1, 0.15) is 33.7 Å². The van der Waals surface area contributed by atoms with Crippen molar-refractivity contribution in [3.8, 4) is 0 Å². The van der Waals surface area contributed by atoms with Crippen molar-refractivity contribution >= 4 is 23.9 Å². The third-order valence-electron chi connectivity index (χ3n) is 3.52. The van der Waals surface area contributed by atoms with Crippen molar-refractivity contribution in [2.75, 3.05) is 6.26 Å². The summed E-state index contributed by atoms with van der Waals surface area (Å²) in [4.78, 5) is 13.2. The molecule has 0 atom stereocenters. The fourth-order valence-electron chi connectivity index (χ4n) is 2.42. The Bertz CT molecular complexity index is 675. The van der Waals surface area contributed by atoms with Crippen LogP contribution in [-0.2, 0) is 12.8 Å². The molecular weight excluding hydrogens is 284 g/mol. The summed E-state index contributed by atoms with van der Waals surface area (Å²) >= 11 is 1.69. The minimum absolute atomic E-state index is 0.258. The molecule has 2 N–H and O–H groups in total. The van der Waals surface area contributed by atoms with Gasteiger partial charge in [-0.05, 0) is 43.2 Å². The van der Waals surface area contributed by atoms with E-state index in [9.17, 15) is 4.79 Å². The second-order valence-electron chi connectivity index (χ2n) is 4.86. The van der Waals surface area contributed by atoms with Crippen LogP contribution in [0.5, 0.6) is 0 Å². The SMILES string of the molecule is CSc1ccc(C=NNC(=O)c2n[nH]c3c2CCC3)cc1. The molecule has 21 heavy (non-hydrogen) atoms. The van der Waals surface area contributed by atoms with Gasteiger partial charge < -0.3 is 0 Å². The largest absolute Gasteiger partial charge is 0.292 e. The normalized spacial score (nSPS) is 13.6. The number of carbonyl (C=O) groups is 1. The van der Waals surface area contributed by atoms with Crippen LogP contribution >= 0.6 is 11.8 Å². The van der Waals surface area contributed by atoms with Gasteiger partial charge in [-0.1, -0.05) is 12.1 Å². The van der Waals surface area contributed by atoms with E-state index >= 15 is 0 Å². The van der Waals surface area contributed by atoms with Gasteiger partial charge in [-0.15, -0.1) is 11.8 Å². The number of hydrazone groups is 1. The number of nitrogens with zero attached hydrogens (tertiary/aromatic N) is 2. The molecule has 0 aliphatic heterocycles. The zero-order chi connectivity index (χ0) is 14.7. The first-order valence-electron chi connectivity index (χ1n) is 6.81. The number of aryl methyl sites for hydroxylation is 1. The number of hydrogen-bond donors (Lipinski definition) is 2. The number of H-pyrrole nitrogens is 1. The highest BCUT2D eigenvalue weighted by atomic mass is 32.2. The smallest absolute Gasteiger partial charge is 0.281 e. The lowest BCUT2D eigenvalue weighted by atomic mass is 10.2. The number of benzene rings is 1. The maximum atomic E-state index is 12.0. The van der Waals surface area contributed by atoms with E-state index in [4.69, 9.17) is 0 Å². The van der Waals surface area contributed by atoms with Gasteiger partial charge in [0.1, 0.15) is 0 Å². The lowest BCUT2D eigenvalue weighted by Crippen LogP contribution is -2.19. The first-order valence-corrected chi connectivity index (χ1v) is 8.04. The van der Waals surface area contributed by atoms with Crippen LogP contribution in [0.4, 0.5) is 0 Å². The van der Waals surface area contributed by atoms with E-state index in [1.807, 2.05) is 30.5 Å². The van der Waals surface area contributed by atoms with Crippen molar-refractivity contribution in [2.24, 2.45) is 5.10 Å². The van der Waals surface area contributed by atoms with Crippen molar-refractivity contribution in [3.63, 3.8) is 0 Å². The predicted octanol–water partition coefficient (Wildman–Crippen LogP) is 2.38. The van der Waals surface area contributed by atoms with Crippen LogP contribution in [0.2, 0.25) is 0 Å². The summed E-state index contributed by atoms with van der Waals surface area (Å²) in [6.45, 7) is 0. The lowest BCUT2D eigenvalue weighted by molar-refractivity contribution is 0.0949. The first kappa shape index (κ1) is 13.9. The first-order chi connectivity index (χ1) is 10.3. The third kappa shape index (κ3) is 3.00. The predicted molar refractivity (Wildman–Crippen MR) is 83.9 cm³/mol. The van der Waals surface area contributed by atoms with Gasteiger partial charge in [-0.2, -0.15) is 10.2 Å². The molecule has 0 spiro atoms. The van der Waals surface area contributed by atoms with E-state index < -0.39 is 0 Å². The standard InChI is InChI=1S/C15H16N4OS/c1-21-11-7-5-10(6-8-11)9-16-19-15(20)14-12-3-2-4-13(12)17-18-14/h5-9H,2-4H2,1H3,(H,17,18)(H,19,20). The van der Waals surface area contributed by atoms with E-state index in [-0.39, 0.29) is 5.91 Å². The third-order valence-corrected chi connectivity index (χ3v) is 4.26. The number of nitrogens with one attached hydrogen (secondary N) is 2. The number of fused-ring (bicyclic) bond motifs is 1. The van der Waals surface area contributed by atoms with E-state index in [2.05, 4.69) is 20.7 Å². The fraction of sp³-hybridized carbons (Fsp3) is 0.267. The minimum atomic E-state index is -0.258. The monoisotopic (exact) mass is 300 g/mol. The highest BCUT2D eigenvalue weighted by molar-refractivity contribution is 7.98. The van der Waals surface area contributed by atoms with Crippen LogP contribution in [0.15, 0.2) is 34.3 Å². The van der Waals surface area contributed by atoms with Gasteiger partial charge in [-0.3, -0.25) is 9.89 Å². The molecule has 6 heteroatoms. The summed E-state index contributed by atoms with van der Waals surface area (Å²) in [6.07, 6.45) is 6.63. The molecular formula is C15H16N4OS. The second kappa shape index (κ2) is 6.13. The average molecular weight is 300 g/mol. The maximum Gasteiger partial charge on any atom is 0.292 e. The van der Waals surface area contributed by atoms with Crippen LogP contribution in [0.3, 0.4) is 0 Å². The van der Waals surface area contributed by atoms with E-state index in [0.717, 1.165) is 36.1 Å². The van der Waals surface area contributed by atoms with E-state index in [1.54, 1.807) is 18.0 Å². The number of aromatic amines is 1. The molecule has 1 heterocycles. The molecule has 2 aromatic rings. The molecule has 1 aliphatic rings. The van der Waals surface area contributed by atoms with E-state index in [1.165, 1.54) is 4.90 Å². The fourth-order valence-corrected chi connectivity index (χ4v) is 2.82. The Kier molecular flexibility index (Phi) is 4.06. The molecule has 0 saturated heterocycles. The highest BCUT2D eigenvalue weighted by Gasteiger charge is 2.22. The Morgan fingerprint density at radius 2 is 2.19 bits per heavy atom. The summed E-state index contributed by atoms with van der Waals surface area (Å²) in [5.41, 5.74) is 6.06. The zero-order valence-corrected chi connectivity index (χ0v) is 12.5. The molecule has 108 valence electrons. The van der Waals surface area contributed by atoms with Gasteiger partial charge in [0.15, 0.2) is 5.69 Å². The quantitative estimate of drug-likeness (QED) is 0.517. The topological polar surface area (TPSA) is 70.1 Å². The molecule has 0 radical (unpaired) electrons. The Labute approximate surface area is 127 Å². The minimum Gasteiger partial charge on any atom is -0.281 e. The summed E-state index contributed by atoms with van der Waals surface area (Å²) in [5, 5.41) is 11.0. The number of hydrogen-bond acceptors (Lipinski definition) is 4. The number of aromatic nitrogens is 2. The van der Waals surface area contributed by atoms with Crippen molar-refractivity contribution in [1.29, 1.82) is 0 Å². The molecule has 0 saturated carbocycles. The van der Waals surface area contributed by atoms with Crippen LogP contribution in [-0.4, -0.2) is 28.6 Å². The number of rotatable bonds is 4. The van der Waals surface area contributed by atoms with Crippen molar-refractivity contribution in [1.82, 2.24) is 15.6 Å². The molecule has 0 unspecified atom stereocenters. The maximum absolute atomic E-state index is 12.0. The zero-order valence-electron chi connectivity index (χ0n) is 11.7. The van der Waals surface area contributed by atoms with Gasteiger partial charge >= 0.3 is 0 Å². The highest BCUT2D eigenvalue weighted by Crippen LogP contribution is 2.22. The number of thioether (sulfide) groups is 1. The van der Waals surface area contributed by atoms with E-state index in [0.29, 0.717) is 5.69 Å². The van der Waals surface area contributed by atoms with Gasteiger partial charge in [0.25, 0.3) is 5.91 Å². The summed E-state index contributed by atoms with van der Waals surface area (Å²) in [7, 11) is 0. The molecule has 1 amide bonds. The van der Waals surface area contributed by atoms with Crippen molar-refractivity contribution in [3.05, 3.63) is 46.8 Å². The van der Waals surface area contributed by atoms with Crippen molar-refractivity contribution < 1.29 is 4.79 Å². The molecule has 0 bridgehead atoms. The van der Waals surface area contributed by atoms with Gasteiger partial charge in [0, 0.05) is 16.2 Å². The molecule has 1 aromatic carbocycles. The summed E-state index contributed by atoms with van der Waals surface area (Å²) in [6, 6.07) is 7.98. The molecule has 1 aromatic heterocycles. The van der Waals surface area contributed by atoms with Gasteiger partial charge in [-0.25, -0.2) is 5.43 Å². The Balaban J connectivity index is 1.63. The van der Waals surface area contributed by atoms with Crippen molar-refractivity contribution in [2.45, 2.75) is 24.2 Å².